The standard InChI is InChI=1S/C23H26N4O3S/c1-15-10-19(14-26(3)23(15)28)18-11-20(25-31(4,29)30)22-21(12-18)27(16(2)24-22)13-17-8-6-5-7-9-17/h5-12,14,16,24-25H,13H2,1-4H3. The number of aromatic nitrogens is 1. The van der Waals surface area contributed by atoms with Crippen molar-refractivity contribution in [3.8, 4) is 11.1 Å². The zero-order valence-corrected chi connectivity index (χ0v) is 18.8. The molecule has 0 saturated heterocycles. The lowest BCUT2D eigenvalue weighted by atomic mass is 10.0. The summed E-state index contributed by atoms with van der Waals surface area (Å²) in [5.41, 5.74) is 5.56. The van der Waals surface area contributed by atoms with E-state index in [1.54, 1.807) is 24.7 Å². The van der Waals surface area contributed by atoms with E-state index in [4.69, 9.17) is 0 Å². The van der Waals surface area contributed by atoms with Crippen molar-refractivity contribution in [3.63, 3.8) is 0 Å². The molecular weight excluding hydrogens is 412 g/mol. The highest BCUT2D eigenvalue weighted by Gasteiger charge is 2.29. The molecule has 0 aliphatic carbocycles. The molecule has 1 aliphatic heterocycles. The fraction of sp³-hybridized carbons (Fsp3) is 0.261. The van der Waals surface area contributed by atoms with E-state index in [9.17, 15) is 13.2 Å². The average molecular weight is 439 g/mol. The predicted molar refractivity (Wildman–Crippen MR) is 126 cm³/mol. The summed E-state index contributed by atoms with van der Waals surface area (Å²) in [6.07, 6.45) is 2.89. The molecule has 4 rings (SSSR count). The Hall–Kier alpha value is -3.26. The van der Waals surface area contributed by atoms with Crippen molar-refractivity contribution in [3.05, 3.63) is 76.2 Å². The maximum Gasteiger partial charge on any atom is 0.253 e. The van der Waals surface area contributed by atoms with Gasteiger partial charge in [-0.25, -0.2) is 8.42 Å². The SMILES string of the molecule is Cc1cc(-c2cc(NS(C)(=O)=O)c3c(c2)N(Cc2ccccc2)C(C)N3)cn(C)c1=O. The van der Waals surface area contributed by atoms with Gasteiger partial charge in [-0.05, 0) is 48.7 Å². The molecule has 0 fully saturated rings. The number of nitrogens with zero attached hydrogens (tertiary/aromatic N) is 2. The minimum atomic E-state index is -3.48. The first-order valence-electron chi connectivity index (χ1n) is 10.0. The highest BCUT2D eigenvalue weighted by molar-refractivity contribution is 7.92. The lowest BCUT2D eigenvalue weighted by Gasteiger charge is -2.24. The summed E-state index contributed by atoms with van der Waals surface area (Å²) < 4.78 is 28.3. The van der Waals surface area contributed by atoms with Crippen LogP contribution in [0.25, 0.3) is 11.1 Å². The molecule has 2 heterocycles. The van der Waals surface area contributed by atoms with E-state index in [2.05, 4.69) is 27.1 Å². The van der Waals surface area contributed by atoms with Crippen molar-refractivity contribution in [1.29, 1.82) is 0 Å². The number of nitrogens with one attached hydrogen (secondary N) is 2. The minimum Gasteiger partial charge on any atom is -0.362 e. The van der Waals surface area contributed by atoms with E-state index in [-0.39, 0.29) is 11.7 Å². The van der Waals surface area contributed by atoms with Crippen LogP contribution in [0.15, 0.2) is 59.5 Å². The van der Waals surface area contributed by atoms with Gasteiger partial charge in [-0.2, -0.15) is 0 Å². The first kappa shape index (κ1) is 21.0. The third-order valence-electron chi connectivity index (χ3n) is 5.43. The van der Waals surface area contributed by atoms with Gasteiger partial charge in [0, 0.05) is 25.4 Å². The number of hydrogen-bond acceptors (Lipinski definition) is 5. The number of rotatable bonds is 5. The average Bonchev–Trinajstić information content (AvgIpc) is 3.01. The van der Waals surface area contributed by atoms with Crippen molar-refractivity contribution in [1.82, 2.24) is 4.57 Å². The number of sulfonamides is 1. The Morgan fingerprint density at radius 3 is 2.45 bits per heavy atom. The molecular formula is C23H26N4O3S. The molecule has 0 saturated carbocycles. The lowest BCUT2D eigenvalue weighted by molar-refractivity contribution is 0.607. The lowest BCUT2D eigenvalue weighted by Crippen LogP contribution is -2.32. The summed E-state index contributed by atoms with van der Waals surface area (Å²) in [6, 6.07) is 15.8. The molecule has 2 aromatic carbocycles. The van der Waals surface area contributed by atoms with Gasteiger partial charge in [-0.1, -0.05) is 30.3 Å². The zero-order valence-electron chi connectivity index (χ0n) is 18.0. The molecule has 2 N–H and O–H groups in total. The van der Waals surface area contributed by atoms with Gasteiger partial charge in [-0.15, -0.1) is 0 Å². The highest BCUT2D eigenvalue weighted by atomic mass is 32.2. The number of pyridine rings is 1. The van der Waals surface area contributed by atoms with Gasteiger partial charge in [0.15, 0.2) is 0 Å². The van der Waals surface area contributed by atoms with E-state index < -0.39 is 10.0 Å². The van der Waals surface area contributed by atoms with Crippen LogP contribution in [-0.2, 0) is 23.6 Å². The van der Waals surface area contributed by atoms with Crippen LogP contribution in [0.1, 0.15) is 18.1 Å². The second-order valence-corrected chi connectivity index (χ2v) is 9.80. The van der Waals surface area contributed by atoms with Gasteiger partial charge >= 0.3 is 0 Å². The van der Waals surface area contributed by atoms with Gasteiger partial charge < -0.3 is 14.8 Å². The summed E-state index contributed by atoms with van der Waals surface area (Å²) in [5, 5.41) is 3.41. The third kappa shape index (κ3) is 4.29. The van der Waals surface area contributed by atoms with Crippen molar-refractivity contribution in [2.45, 2.75) is 26.6 Å². The van der Waals surface area contributed by atoms with Gasteiger partial charge in [0.05, 0.1) is 29.5 Å². The van der Waals surface area contributed by atoms with Crippen LogP contribution in [0.4, 0.5) is 17.1 Å². The van der Waals surface area contributed by atoms with E-state index in [1.165, 1.54) is 0 Å². The van der Waals surface area contributed by atoms with E-state index in [0.29, 0.717) is 17.8 Å². The smallest absolute Gasteiger partial charge is 0.253 e. The van der Waals surface area contributed by atoms with Gasteiger partial charge in [0.25, 0.3) is 5.56 Å². The van der Waals surface area contributed by atoms with Crippen LogP contribution in [0.2, 0.25) is 0 Å². The fourth-order valence-electron chi connectivity index (χ4n) is 3.99. The summed E-state index contributed by atoms with van der Waals surface area (Å²) in [6.45, 7) is 4.50. The molecule has 0 bridgehead atoms. The number of fused-ring (bicyclic) bond motifs is 1. The van der Waals surface area contributed by atoms with E-state index in [0.717, 1.165) is 34.3 Å². The molecule has 31 heavy (non-hydrogen) atoms. The van der Waals surface area contributed by atoms with Crippen LogP contribution < -0.4 is 20.5 Å². The Bertz CT molecular complexity index is 1270. The normalized spacial score (nSPS) is 15.5. The summed E-state index contributed by atoms with van der Waals surface area (Å²) in [5.74, 6) is 0. The molecule has 162 valence electrons. The molecule has 0 amide bonds. The predicted octanol–water partition coefficient (Wildman–Crippen LogP) is 3.51. The largest absolute Gasteiger partial charge is 0.362 e. The van der Waals surface area contributed by atoms with Crippen LogP contribution in [0.5, 0.6) is 0 Å². The Morgan fingerprint density at radius 2 is 1.81 bits per heavy atom. The maximum atomic E-state index is 12.1. The van der Waals surface area contributed by atoms with Crippen molar-refractivity contribution in [2.75, 3.05) is 21.2 Å². The van der Waals surface area contributed by atoms with Gasteiger partial charge in [0.2, 0.25) is 10.0 Å². The Kier molecular flexibility index (Phi) is 5.26. The zero-order chi connectivity index (χ0) is 22.3. The van der Waals surface area contributed by atoms with Gasteiger partial charge in [0.1, 0.15) is 0 Å². The Balaban J connectivity index is 1.87. The highest BCUT2D eigenvalue weighted by Crippen LogP contribution is 2.44. The Labute approximate surface area is 182 Å². The van der Waals surface area contributed by atoms with Crippen LogP contribution in [-0.4, -0.2) is 25.4 Å². The molecule has 7 nitrogen and oxygen atoms in total. The first-order valence-corrected chi connectivity index (χ1v) is 11.9. The Morgan fingerprint density at radius 1 is 1.10 bits per heavy atom. The molecule has 1 aromatic heterocycles. The fourth-order valence-corrected chi connectivity index (χ4v) is 4.55. The monoisotopic (exact) mass is 438 g/mol. The third-order valence-corrected chi connectivity index (χ3v) is 6.03. The van der Waals surface area contributed by atoms with Crippen molar-refractivity contribution >= 4 is 27.1 Å². The van der Waals surface area contributed by atoms with Crippen molar-refractivity contribution in [2.24, 2.45) is 7.05 Å². The first-order chi connectivity index (χ1) is 14.6. The van der Waals surface area contributed by atoms with Crippen LogP contribution >= 0.6 is 0 Å². The molecule has 1 aliphatic rings. The van der Waals surface area contributed by atoms with E-state index >= 15 is 0 Å². The molecule has 0 spiro atoms. The number of anilines is 3. The maximum absolute atomic E-state index is 12.1. The van der Waals surface area contributed by atoms with Crippen LogP contribution in [0, 0.1) is 6.92 Å². The quantitative estimate of drug-likeness (QED) is 0.637. The molecule has 8 heteroatoms. The summed E-state index contributed by atoms with van der Waals surface area (Å²) in [4.78, 5) is 14.3. The number of aryl methyl sites for hydroxylation is 2. The minimum absolute atomic E-state index is 0.0209. The molecule has 0 radical (unpaired) electrons. The summed E-state index contributed by atoms with van der Waals surface area (Å²) >= 11 is 0. The van der Waals surface area contributed by atoms with Gasteiger partial charge in [-0.3, -0.25) is 9.52 Å². The number of hydrogen-bond donors (Lipinski definition) is 2. The second kappa shape index (κ2) is 7.77. The molecule has 3 aromatic rings. The summed E-state index contributed by atoms with van der Waals surface area (Å²) in [7, 11) is -1.76. The van der Waals surface area contributed by atoms with Crippen molar-refractivity contribution < 1.29 is 8.42 Å². The second-order valence-electron chi connectivity index (χ2n) is 8.05. The topological polar surface area (TPSA) is 83.4 Å². The van der Waals surface area contributed by atoms with Crippen LogP contribution in [0.3, 0.4) is 0 Å². The van der Waals surface area contributed by atoms with E-state index in [1.807, 2.05) is 43.3 Å². The number of benzene rings is 2. The molecule has 1 atom stereocenters. The molecule has 1 unspecified atom stereocenters.